The number of rotatable bonds is 4. The van der Waals surface area contributed by atoms with E-state index in [0.717, 1.165) is 38.9 Å². The van der Waals surface area contributed by atoms with Crippen LogP contribution in [0.1, 0.15) is 40.0 Å². The highest BCUT2D eigenvalue weighted by Crippen LogP contribution is 2.20. The minimum Gasteiger partial charge on any atom is -0.444 e. The molecule has 2 aliphatic rings. The maximum absolute atomic E-state index is 12.3. The third-order valence-corrected chi connectivity index (χ3v) is 3.89. The van der Waals surface area contributed by atoms with Crippen molar-refractivity contribution in [2.45, 2.75) is 57.8 Å². The van der Waals surface area contributed by atoms with Crippen molar-refractivity contribution in [1.82, 2.24) is 10.2 Å². The molecule has 0 aliphatic carbocycles. The van der Waals surface area contributed by atoms with Crippen LogP contribution in [0.4, 0.5) is 4.79 Å². The number of hydrogen-bond donors (Lipinski definition) is 1. The highest BCUT2D eigenvalue weighted by molar-refractivity contribution is 5.68. The Morgan fingerprint density at radius 3 is 2.77 bits per heavy atom. The molecule has 0 aromatic heterocycles. The average molecular weight is 314 g/mol. The second-order valence-electron chi connectivity index (χ2n) is 7.05. The molecule has 0 saturated carbocycles. The van der Waals surface area contributed by atoms with Gasteiger partial charge in [-0.3, -0.25) is 0 Å². The molecule has 2 atom stereocenters. The van der Waals surface area contributed by atoms with E-state index in [4.69, 9.17) is 14.2 Å². The fourth-order valence-electron chi connectivity index (χ4n) is 2.84. The van der Waals surface area contributed by atoms with Crippen LogP contribution in [0.2, 0.25) is 0 Å². The largest absolute Gasteiger partial charge is 0.444 e. The van der Waals surface area contributed by atoms with Crippen LogP contribution in [-0.4, -0.2) is 68.2 Å². The van der Waals surface area contributed by atoms with Crippen LogP contribution < -0.4 is 5.32 Å². The summed E-state index contributed by atoms with van der Waals surface area (Å²) in [5, 5.41) is 3.42. The van der Waals surface area contributed by atoms with Crippen LogP contribution in [0.3, 0.4) is 0 Å². The number of piperidine rings is 1. The molecule has 0 aromatic rings. The predicted octanol–water partition coefficient (Wildman–Crippen LogP) is 1.78. The molecular weight excluding hydrogens is 284 g/mol. The van der Waals surface area contributed by atoms with Crippen molar-refractivity contribution in [3.8, 4) is 0 Å². The van der Waals surface area contributed by atoms with Crippen molar-refractivity contribution in [2.24, 2.45) is 0 Å². The zero-order valence-corrected chi connectivity index (χ0v) is 14.1. The van der Waals surface area contributed by atoms with Gasteiger partial charge in [-0.25, -0.2) is 4.79 Å². The number of carbonyl (C=O) groups is 1. The molecule has 2 aliphatic heterocycles. The highest BCUT2D eigenvalue weighted by atomic mass is 16.6. The summed E-state index contributed by atoms with van der Waals surface area (Å²) in [6.45, 7) is 10.0. The maximum Gasteiger partial charge on any atom is 0.410 e. The molecule has 22 heavy (non-hydrogen) atoms. The van der Waals surface area contributed by atoms with Crippen LogP contribution >= 0.6 is 0 Å². The lowest BCUT2D eigenvalue weighted by molar-refractivity contribution is -0.0867. The van der Waals surface area contributed by atoms with E-state index >= 15 is 0 Å². The molecule has 1 N–H and O–H groups in total. The normalized spacial score (nSPS) is 26.8. The van der Waals surface area contributed by atoms with Crippen molar-refractivity contribution < 1.29 is 19.0 Å². The van der Waals surface area contributed by atoms with Gasteiger partial charge in [0.25, 0.3) is 0 Å². The Labute approximate surface area is 133 Å². The lowest BCUT2D eigenvalue weighted by Gasteiger charge is -2.37. The molecule has 2 saturated heterocycles. The SMILES string of the molecule is CC(C)(C)OC(=O)N1CCCCC1CNCC1COCCO1. The van der Waals surface area contributed by atoms with E-state index in [2.05, 4.69) is 5.32 Å². The Kier molecular flexibility index (Phi) is 6.47. The summed E-state index contributed by atoms with van der Waals surface area (Å²) in [5.41, 5.74) is -0.445. The van der Waals surface area contributed by atoms with E-state index in [1.54, 1.807) is 0 Å². The smallest absolute Gasteiger partial charge is 0.410 e. The standard InChI is InChI=1S/C16H30N2O4/c1-16(2,3)22-15(19)18-7-5-4-6-13(18)10-17-11-14-12-20-8-9-21-14/h13-14,17H,4-12H2,1-3H3. The monoisotopic (exact) mass is 314 g/mol. The minimum atomic E-state index is -0.445. The van der Waals surface area contributed by atoms with Crippen molar-refractivity contribution in [2.75, 3.05) is 39.5 Å². The molecular formula is C16H30N2O4. The van der Waals surface area contributed by atoms with E-state index < -0.39 is 5.60 Å². The van der Waals surface area contributed by atoms with Gasteiger partial charge in [-0.1, -0.05) is 0 Å². The zero-order chi connectivity index (χ0) is 16.0. The zero-order valence-electron chi connectivity index (χ0n) is 14.1. The fraction of sp³-hybridized carbons (Fsp3) is 0.938. The third kappa shape index (κ3) is 5.74. The van der Waals surface area contributed by atoms with Gasteiger partial charge in [0, 0.05) is 25.7 Å². The molecule has 0 radical (unpaired) electrons. The Morgan fingerprint density at radius 1 is 1.27 bits per heavy atom. The minimum absolute atomic E-state index is 0.118. The van der Waals surface area contributed by atoms with Gasteiger partial charge in [0.1, 0.15) is 5.60 Å². The average Bonchev–Trinajstić information content (AvgIpc) is 2.47. The molecule has 0 bridgehead atoms. The van der Waals surface area contributed by atoms with Crippen LogP contribution in [0.25, 0.3) is 0 Å². The molecule has 0 aromatic carbocycles. The van der Waals surface area contributed by atoms with E-state index in [9.17, 15) is 4.79 Å². The first kappa shape index (κ1) is 17.5. The van der Waals surface area contributed by atoms with Crippen molar-refractivity contribution in [3.05, 3.63) is 0 Å². The molecule has 0 spiro atoms. The van der Waals surface area contributed by atoms with Gasteiger partial charge in [0.2, 0.25) is 0 Å². The molecule has 128 valence electrons. The van der Waals surface area contributed by atoms with Crippen LogP contribution in [-0.2, 0) is 14.2 Å². The Hall–Kier alpha value is -0.850. The molecule has 2 rings (SSSR count). The van der Waals surface area contributed by atoms with Gasteiger partial charge in [0.15, 0.2) is 0 Å². The molecule has 2 unspecified atom stereocenters. The summed E-state index contributed by atoms with van der Waals surface area (Å²) in [6.07, 6.45) is 3.15. The van der Waals surface area contributed by atoms with Crippen molar-refractivity contribution in [3.63, 3.8) is 0 Å². The molecule has 2 heterocycles. The number of ether oxygens (including phenoxy) is 3. The van der Waals surface area contributed by atoms with E-state index in [1.165, 1.54) is 0 Å². The number of nitrogens with one attached hydrogen (secondary N) is 1. The van der Waals surface area contributed by atoms with E-state index in [-0.39, 0.29) is 18.2 Å². The molecule has 6 heteroatoms. The van der Waals surface area contributed by atoms with E-state index in [1.807, 2.05) is 25.7 Å². The number of hydrogen-bond acceptors (Lipinski definition) is 5. The lowest BCUT2D eigenvalue weighted by atomic mass is 10.0. The van der Waals surface area contributed by atoms with Crippen molar-refractivity contribution in [1.29, 1.82) is 0 Å². The number of carbonyl (C=O) groups excluding carboxylic acids is 1. The van der Waals surface area contributed by atoms with Gasteiger partial charge < -0.3 is 24.4 Å². The Bertz CT molecular complexity index is 351. The van der Waals surface area contributed by atoms with E-state index in [0.29, 0.717) is 19.8 Å². The first-order chi connectivity index (χ1) is 10.5. The van der Waals surface area contributed by atoms with Crippen LogP contribution in [0.15, 0.2) is 0 Å². The van der Waals surface area contributed by atoms with Gasteiger partial charge in [0.05, 0.1) is 25.9 Å². The number of likely N-dealkylation sites (tertiary alicyclic amines) is 1. The molecule has 6 nitrogen and oxygen atoms in total. The van der Waals surface area contributed by atoms with Gasteiger partial charge in [-0.2, -0.15) is 0 Å². The molecule has 1 amide bonds. The fourth-order valence-corrected chi connectivity index (χ4v) is 2.84. The topological polar surface area (TPSA) is 60.0 Å². The Balaban J connectivity index is 1.77. The first-order valence-electron chi connectivity index (χ1n) is 8.35. The highest BCUT2D eigenvalue weighted by Gasteiger charge is 2.30. The van der Waals surface area contributed by atoms with Crippen LogP contribution in [0, 0.1) is 0 Å². The van der Waals surface area contributed by atoms with Crippen molar-refractivity contribution >= 4 is 6.09 Å². The first-order valence-corrected chi connectivity index (χ1v) is 8.35. The second kappa shape index (κ2) is 8.13. The second-order valence-corrected chi connectivity index (χ2v) is 7.05. The summed E-state index contributed by atoms with van der Waals surface area (Å²) < 4.78 is 16.5. The maximum atomic E-state index is 12.3. The van der Waals surface area contributed by atoms with Gasteiger partial charge in [-0.15, -0.1) is 0 Å². The summed E-state index contributed by atoms with van der Waals surface area (Å²) in [7, 11) is 0. The lowest BCUT2D eigenvalue weighted by Crippen LogP contribution is -2.51. The third-order valence-electron chi connectivity index (χ3n) is 3.89. The van der Waals surface area contributed by atoms with Gasteiger partial charge in [-0.05, 0) is 40.0 Å². The molecule has 2 fully saturated rings. The summed E-state index contributed by atoms with van der Waals surface area (Å²) in [5.74, 6) is 0. The summed E-state index contributed by atoms with van der Waals surface area (Å²) in [6, 6.07) is 0.202. The number of amides is 1. The summed E-state index contributed by atoms with van der Waals surface area (Å²) >= 11 is 0. The van der Waals surface area contributed by atoms with Crippen LogP contribution in [0.5, 0.6) is 0 Å². The Morgan fingerprint density at radius 2 is 2.09 bits per heavy atom. The number of nitrogens with zero attached hydrogens (tertiary/aromatic N) is 1. The quantitative estimate of drug-likeness (QED) is 0.857. The predicted molar refractivity (Wildman–Crippen MR) is 84.0 cm³/mol. The summed E-state index contributed by atoms with van der Waals surface area (Å²) in [4.78, 5) is 14.2. The van der Waals surface area contributed by atoms with Gasteiger partial charge >= 0.3 is 6.09 Å².